The van der Waals surface area contributed by atoms with Gasteiger partial charge >= 0.3 is 0 Å². The monoisotopic (exact) mass is 365 g/mol. The van der Waals surface area contributed by atoms with Crippen molar-refractivity contribution in [1.29, 1.82) is 0 Å². The van der Waals surface area contributed by atoms with Crippen LogP contribution >= 0.6 is 0 Å². The second-order valence-electron chi connectivity index (χ2n) is 7.70. The van der Waals surface area contributed by atoms with Gasteiger partial charge in [-0.15, -0.1) is 0 Å². The van der Waals surface area contributed by atoms with Crippen molar-refractivity contribution in [1.82, 2.24) is 16.0 Å². The minimum Gasteiger partial charge on any atom is -0.486 e. The molecular formula is C22H27N3O2. The largest absolute Gasteiger partial charge is 0.486 e. The first kappa shape index (κ1) is 16.8. The molecule has 0 radical (unpaired) electrons. The van der Waals surface area contributed by atoms with Gasteiger partial charge in [0, 0.05) is 30.1 Å². The summed E-state index contributed by atoms with van der Waals surface area (Å²) in [6.45, 7) is 4.42. The van der Waals surface area contributed by atoms with E-state index in [0.717, 1.165) is 31.1 Å². The summed E-state index contributed by atoms with van der Waals surface area (Å²) in [5, 5.41) is 10.7. The zero-order valence-electron chi connectivity index (χ0n) is 15.5. The third-order valence-corrected chi connectivity index (χ3v) is 5.91. The Morgan fingerprint density at radius 1 is 1.04 bits per heavy atom. The molecule has 142 valence electrons. The fourth-order valence-electron chi connectivity index (χ4n) is 4.42. The van der Waals surface area contributed by atoms with Crippen molar-refractivity contribution in [2.45, 2.75) is 18.9 Å². The number of hydrogen-bond acceptors (Lipinski definition) is 5. The lowest BCUT2D eigenvalue weighted by Gasteiger charge is -2.36. The molecule has 1 aromatic carbocycles. The van der Waals surface area contributed by atoms with E-state index in [1.165, 1.54) is 29.7 Å². The number of fused-ring (bicyclic) bond motifs is 2. The highest BCUT2D eigenvalue weighted by molar-refractivity contribution is 5.78. The van der Waals surface area contributed by atoms with Crippen molar-refractivity contribution in [3.63, 3.8) is 0 Å². The topological polar surface area (TPSA) is 54.6 Å². The van der Waals surface area contributed by atoms with Crippen LogP contribution in [0.2, 0.25) is 0 Å². The molecule has 5 rings (SSSR count). The number of nitrogens with one attached hydrogen (secondary N) is 3. The van der Waals surface area contributed by atoms with Gasteiger partial charge in [0.25, 0.3) is 0 Å². The summed E-state index contributed by atoms with van der Waals surface area (Å²) in [5.74, 6) is 2.59. The number of allylic oxidation sites excluding steroid dienone is 4. The second kappa shape index (κ2) is 7.31. The molecule has 1 aromatic rings. The minimum absolute atomic E-state index is 0.420. The van der Waals surface area contributed by atoms with Crippen LogP contribution in [0.15, 0.2) is 48.3 Å². The molecule has 4 aliphatic rings. The van der Waals surface area contributed by atoms with Gasteiger partial charge in [-0.2, -0.15) is 0 Å². The van der Waals surface area contributed by atoms with Crippen molar-refractivity contribution in [3.8, 4) is 11.5 Å². The van der Waals surface area contributed by atoms with Gasteiger partial charge in [0.1, 0.15) is 13.2 Å². The van der Waals surface area contributed by atoms with E-state index in [1.54, 1.807) is 0 Å². The fourth-order valence-corrected chi connectivity index (χ4v) is 4.42. The van der Waals surface area contributed by atoms with Crippen LogP contribution in [0, 0.1) is 11.8 Å². The molecule has 1 aliphatic carbocycles. The maximum absolute atomic E-state index is 5.79. The maximum atomic E-state index is 5.79. The van der Waals surface area contributed by atoms with Gasteiger partial charge in [-0.25, -0.2) is 0 Å². The normalized spacial score (nSPS) is 27.1. The lowest BCUT2D eigenvalue weighted by atomic mass is 9.79. The summed E-state index contributed by atoms with van der Waals surface area (Å²) in [6, 6.07) is 6.85. The zero-order valence-corrected chi connectivity index (χ0v) is 15.5. The summed E-state index contributed by atoms with van der Waals surface area (Å²) in [7, 11) is 0. The van der Waals surface area contributed by atoms with Crippen molar-refractivity contribution < 1.29 is 9.47 Å². The molecule has 3 N–H and O–H groups in total. The summed E-state index contributed by atoms with van der Waals surface area (Å²) < 4.78 is 11.5. The Morgan fingerprint density at radius 3 is 2.78 bits per heavy atom. The standard InChI is InChI=1S/C22H27N3O2/c1-2-21-22(27-10-9-26-21)13-15(1)17-11-16-3-6-24-14-19(16)20(12-17)25-18-4-7-23-8-5-18/h1-3,6,11-13,16,18-19,23-25H,4-5,7-10,14H2. The van der Waals surface area contributed by atoms with E-state index in [9.17, 15) is 0 Å². The van der Waals surface area contributed by atoms with Gasteiger partial charge in [0.15, 0.2) is 11.5 Å². The number of piperidine rings is 1. The molecule has 1 fully saturated rings. The van der Waals surface area contributed by atoms with E-state index in [-0.39, 0.29) is 0 Å². The lowest BCUT2D eigenvalue weighted by molar-refractivity contribution is 0.171. The summed E-state index contributed by atoms with van der Waals surface area (Å²) in [4.78, 5) is 0. The molecule has 0 spiro atoms. The fraction of sp³-hybridized carbons (Fsp3) is 0.455. The lowest BCUT2D eigenvalue weighted by Crippen LogP contribution is -2.44. The number of hydrogen-bond donors (Lipinski definition) is 3. The Kier molecular flexibility index (Phi) is 4.54. The predicted molar refractivity (Wildman–Crippen MR) is 107 cm³/mol. The van der Waals surface area contributed by atoms with E-state index in [0.29, 0.717) is 31.1 Å². The average molecular weight is 365 g/mol. The van der Waals surface area contributed by atoms with Gasteiger partial charge in [-0.05, 0) is 61.5 Å². The molecular weight excluding hydrogens is 338 g/mol. The highest BCUT2D eigenvalue weighted by atomic mass is 16.6. The van der Waals surface area contributed by atoms with Crippen molar-refractivity contribution >= 4 is 5.57 Å². The third kappa shape index (κ3) is 3.44. The molecule has 0 amide bonds. The first-order valence-electron chi connectivity index (χ1n) is 10.1. The quantitative estimate of drug-likeness (QED) is 0.768. The van der Waals surface area contributed by atoms with Crippen LogP contribution < -0.4 is 25.4 Å². The van der Waals surface area contributed by atoms with E-state index in [4.69, 9.17) is 9.47 Å². The minimum atomic E-state index is 0.420. The van der Waals surface area contributed by atoms with Crippen LogP contribution in [0.3, 0.4) is 0 Å². The van der Waals surface area contributed by atoms with E-state index in [1.807, 2.05) is 6.07 Å². The Morgan fingerprint density at radius 2 is 1.89 bits per heavy atom. The third-order valence-electron chi connectivity index (χ3n) is 5.91. The molecule has 0 saturated carbocycles. The van der Waals surface area contributed by atoms with Crippen LogP contribution in [0.4, 0.5) is 0 Å². The Bertz CT molecular complexity index is 793. The number of rotatable bonds is 3. The van der Waals surface area contributed by atoms with Crippen LogP contribution in [-0.2, 0) is 0 Å². The van der Waals surface area contributed by atoms with Gasteiger partial charge in [-0.3, -0.25) is 0 Å². The molecule has 3 aliphatic heterocycles. The van der Waals surface area contributed by atoms with Crippen LogP contribution in [0.25, 0.3) is 5.57 Å². The maximum Gasteiger partial charge on any atom is 0.161 e. The van der Waals surface area contributed by atoms with Crippen LogP contribution in [0.5, 0.6) is 11.5 Å². The van der Waals surface area contributed by atoms with E-state index in [2.05, 4.69) is 52.5 Å². The van der Waals surface area contributed by atoms with Crippen molar-refractivity contribution in [2.24, 2.45) is 11.8 Å². The second-order valence-corrected chi connectivity index (χ2v) is 7.70. The molecule has 5 nitrogen and oxygen atoms in total. The van der Waals surface area contributed by atoms with E-state index < -0.39 is 0 Å². The first-order chi connectivity index (χ1) is 13.4. The zero-order chi connectivity index (χ0) is 18.1. The highest BCUT2D eigenvalue weighted by Gasteiger charge is 2.30. The Balaban J connectivity index is 1.46. The molecule has 2 atom stereocenters. The van der Waals surface area contributed by atoms with Gasteiger partial charge < -0.3 is 25.4 Å². The number of ether oxygens (including phenoxy) is 2. The van der Waals surface area contributed by atoms with Crippen molar-refractivity contribution in [3.05, 3.63) is 53.9 Å². The van der Waals surface area contributed by atoms with Gasteiger partial charge in [0.2, 0.25) is 0 Å². The highest BCUT2D eigenvalue weighted by Crippen LogP contribution is 2.38. The Labute approximate surface area is 160 Å². The molecule has 1 saturated heterocycles. The SMILES string of the molecule is C1=CC2C=C(c3ccc4c(c3)OCCO4)C=C(NC3CCNCC3)C2CN1. The van der Waals surface area contributed by atoms with Crippen molar-refractivity contribution in [2.75, 3.05) is 32.8 Å². The molecule has 2 unspecified atom stereocenters. The smallest absolute Gasteiger partial charge is 0.161 e. The number of benzene rings is 1. The van der Waals surface area contributed by atoms with Gasteiger partial charge in [0.05, 0.1) is 0 Å². The molecule has 3 heterocycles. The van der Waals surface area contributed by atoms with E-state index >= 15 is 0 Å². The molecule has 5 heteroatoms. The molecule has 27 heavy (non-hydrogen) atoms. The summed E-state index contributed by atoms with van der Waals surface area (Å²) >= 11 is 0. The summed E-state index contributed by atoms with van der Waals surface area (Å²) in [5.41, 5.74) is 3.81. The van der Waals surface area contributed by atoms with Gasteiger partial charge in [-0.1, -0.05) is 18.2 Å². The average Bonchev–Trinajstić information content (AvgIpc) is 2.74. The van der Waals surface area contributed by atoms with Crippen LogP contribution in [-0.4, -0.2) is 38.9 Å². The summed E-state index contributed by atoms with van der Waals surface area (Å²) in [6.07, 6.45) is 11.5. The van der Waals surface area contributed by atoms with Crippen LogP contribution in [0.1, 0.15) is 18.4 Å². The molecule has 0 bridgehead atoms. The predicted octanol–water partition coefficient (Wildman–Crippen LogP) is 2.43. The Hall–Kier alpha value is -2.40. The first-order valence-corrected chi connectivity index (χ1v) is 10.1. The molecule has 0 aromatic heterocycles.